The predicted molar refractivity (Wildman–Crippen MR) is 78.7 cm³/mol. The molecule has 0 heterocycles. The van der Waals surface area contributed by atoms with Gasteiger partial charge in [0.15, 0.2) is 0 Å². The fourth-order valence-electron chi connectivity index (χ4n) is 2.78. The average molecular weight is 274 g/mol. The van der Waals surface area contributed by atoms with Crippen LogP contribution in [0.1, 0.15) is 11.1 Å². The van der Waals surface area contributed by atoms with Crippen molar-refractivity contribution in [1.82, 2.24) is 0 Å². The third-order valence-electron chi connectivity index (χ3n) is 3.75. The highest BCUT2D eigenvalue weighted by Crippen LogP contribution is 2.34. The molecule has 2 aromatic carbocycles. The number of aliphatic hydroxyl groups is 1. The average Bonchev–Trinajstić information content (AvgIpc) is 2.80. The van der Waals surface area contributed by atoms with Gasteiger partial charge in [0.1, 0.15) is 0 Å². The van der Waals surface area contributed by atoms with Crippen LogP contribution >= 0.6 is 11.6 Å². The maximum atomic E-state index is 9.84. The van der Waals surface area contributed by atoms with Gasteiger partial charge in [-0.25, -0.2) is 0 Å². The van der Waals surface area contributed by atoms with Crippen molar-refractivity contribution < 1.29 is 5.11 Å². The summed E-state index contributed by atoms with van der Waals surface area (Å²) in [5.74, 6) is 0. The van der Waals surface area contributed by atoms with Crippen molar-refractivity contribution in [1.29, 1.82) is 0 Å². The van der Waals surface area contributed by atoms with Crippen molar-refractivity contribution in [2.24, 2.45) is 0 Å². The van der Waals surface area contributed by atoms with Gasteiger partial charge in [0, 0.05) is 0 Å². The number of hydrogen-bond donors (Lipinski definition) is 2. The van der Waals surface area contributed by atoms with E-state index in [1.54, 1.807) is 0 Å². The number of nitrogens with one attached hydrogen (secondary N) is 1. The molecule has 98 valence electrons. The van der Waals surface area contributed by atoms with Crippen molar-refractivity contribution >= 4 is 17.3 Å². The molecular formula is C16H16ClNO. The Morgan fingerprint density at radius 1 is 1.00 bits per heavy atom. The van der Waals surface area contributed by atoms with E-state index in [-0.39, 0.29) is 12.1 Å². The summed E-state index contributed by atoms with van der Waals surface area (Å²) in [4.78, 5) is 0. The van der Waals surface area contributed by atoms with Gasteiger partial charge in [-0.1, -0.05) is 48.0 Å². The van der Waals surface area contributed by atoms with Crippen molar-refractivity contribution in [3.63, 3.8) is 0 Å². The lowest BCUT2D eigenvalue weighted by Gasteiger charge is -2.30. The highest BCUT2D eigenvalue weighted by molar-refractivity contribution is 6.33. The van der Waals surface area contributed by atoms with Crippen LogP contribution in [0.2, 0.25) is 5.02 Å². The van der Waals surface area contributed by atoms with Crippen molar-refractivity contribution in [2.75, 3.05) is 11.9 Å². The zero-order chi connectivity index (χ0) is 13.3. The van der Waals surface area contributed by atoms with Crippen LogP contribution in [-0.4, -0.2) is 17.3 Å². The monoisotopic (exact) mass is 273 g/mol. The fraction of sp³-hybridized carbons (Fsp3) is 0.250. The minimum Gasteiger partial charge on any atom is -0.394 e. The van der Waals surface area contributed by atoms with Crippen molar-refractivity contribution in [2.45, 2.75) is 18.4 Å². The standard InChI is InChI=1S/C16H16ClNO/c17-14-7-3-4-8-15(14)18-16(11-19)9-12-5-1-2-6-13(12)10-16/h1-8,18-19H,9-11H2. The molecule has 0 saturated heterocycles. The van der Waals surface area contributed by atoms with E-state index in [1.807, 2.05) is 36.4 Å². The first-order valence-electron chi connectivity index (χ1n) is 6.43. The first kappa shape index (κ1) is 12.5. The molecule has 19 heavy (non-hydrogen) atoms. The van der Waals surface area contributed by atoms with E-state index in [0.717, 1.165) is 18.5 Å². The van der Waals surface area contributed by atoms with Crippen LogP contribution in [0.3, 0.4) is 0 Å². The second-order valence-electron chi connectivity index (χ2n) is 5.17. The highest BCUT2D eigenvalue weighted by Gasteiger charge is 2.36. The molecule has 0 unspecified atom stereocenters. The van der Waals surface area contributed by atoms with E-state index >= 15 is 0 Å². The van der Waals surface area contributed by atoms with E-state index < -0.39 is 0 Å². The molecule has 2 aromatic rings. The summed E-state index contributed by atoms with van der Waals surface area (Å²) in [6.45, 7) is 0.0902. The van der Waals surface area contributed by atoms with E-state index in [1.165, 1.54) is 11.1 Å². The molecule has 0 spiro atoms. The summed E-state index contributed by atoms with van der Waals surface area (Å²) in [6.07, 6.45) is 1.65. The second-order valence-corrected chi connectivity index (χ2v) is 5.57. The molecule has 0 saturated carbocycles. The zero-order valence-electron chi connectivity index (χ0n) is 10.6. The Bertz CT molecular complexity index is 572. The molecule has 2 nitrogen and oxygen atoms in total. The molecular weight excluding hydrogens is 258 g/mol. The Morgan fingerprint density at radius 3 is 2.16 bits per heavy atom. The summed E-state index contributed by atoms with van der Waals surface area (Å²) in [5.41, 5.74) is 3.15. The first-order valence-corrected chi connectivity index (χ1v) is 6.81. The van der Waals surface area contributed by atoms with Crippen LogP contribution < -0.4 is 5.32 Å². The Labute approximate surface area is 118 Å². The Hall–Kier alpha value is -1.51. The molecule has 0 aliphatic heterocycles. The number of rotatable bonds is 3. The van der Waals surface area contributed by atoms with Crippen molar-refractivity contribution in [3.8, 4) is 0 Å². The summed E-state index contributed by atoms with van der Waals surface area (Å²) in [6, 6.07) is 16.0. The SMILES string of the molecule is OCC1(Nc2ccccc2Cl)Cc2ccccc2C1. The largest absolute Gasteiger partial charge is 0.394 e. The van der Waals surface area contributed by atoms with Gasteiger partial charge in [-0.2, -0.15) is 0 Å². The zero-order valence-corrected chi connectivity index (χ0v) is 11.3. The fourth-order valence-corrected chi connectivity index (χ4v) is 2.96. The second kappa shape index (κ2) is 4.87. The Kier molecular flexibility index (Phi) is 3.21. The summed E-state index contributed by atoms with van der Waals surface area (Å²) < 4.78 is 0. The summed E-state index contributed by atoms with van der Waals surface area (Å²) in [5, 5.41) is 14.0. The van der Waals surface area contributed by atoms with Gasteiger partial charge in [0.05, 0.1) is 22.9 Å². The molecule has 2 N–H and O–H groups in total. The lowest BCUT2D eigenvalue weighted by atomic mass is 9.96. The number of hydrogen-bond acceptors (Lipinski definition) is 2. The highest BCUT2D eigenvalue weighted by atomic mass is 35.5. The molecule has 3 heteroatoms. The van der Waals surface area contributed by atoms with Crippen LogP contribution in [0.25, 0.3) is 0 Å². The predicted octanol–water partition coefficient (Wildman–Crippen LogP) is 3.28. The maximum Gasteiger partial charge on any atom is 0.0684 e. The molecule has 0 fully saturated rings. The number of aliphatic hydroxyl groups excluding tert-OH is 1. The van der Waals surface area contributed by atoms with E-state index in [4.69, 9.17) is 11.6 Å². The Balaban J connectivity index is 1.89. The van der Waals surface area contributed by atoms with Gasteiger partial charge >= 0.3 is 0 Å². The number of fused-ring (bicyclic) bond motifs is 1. The molecule has 0 bridgehead atoms. The minimum absolute atomic E-state index is 0.0902. The van der Waals surface area contributed by atoms with Crippen LogP contribution in [0.15, 0.2) is 48.5 Å². The van der Waals surface area contributed by atoms with Gasteiger partial charge in [-0.3, -0.25) is 0 Å². The van der Waals surface area contributed by atoms with Gasteiger partial charge in [0.2, 0.25) is 0 Å². The summed E-state index contributed by atoms with van der Waals surface area (Å²) >= 11 is 6.19. The van der Waals surface area contributed by atoms with Crippen LogP contribution in [-0.2, 0) is 12.8 Å². The van der Waals surface area contributed by atoms with E-state index in [2.05, 4.69) is 17.4 Å². The normalized spacial score (nSPS) is 16.1. The van der Waals surface area contributed by atoms with Crippen LogP contribution in [0.5, 0.6) is 0 Å². The molecule has 0 aromatic heterocycles. The topological polar surface area (TPSA) is 32.3 Å². The molecule has 1 aliphatic rings. The quantitative estimate of drug-likeness (QED) is 0.899. The molecule has 0 atom stereocenters. The minimum atomic E-state index is -0.339. The first-order chi connectivity index (χ1) is 9.22. The van der Waals surface area contributed by atoms with Gasteiger partial charge in [0.25, 0.3) is 0 Å². The Morgan fingerprint density at radius 2 is 1.58 bits per heavy atom. The number of anilines is 1. The van der Waals surface area contributed by atoms with Gasteiger partial charge in [-0.15, -0.1) is 0 Å². The molecule has 3 rings (SSSR count). The smallest absolute Gasteiger partial charge is 0.0684 e. The number of halogens is 1. The van der Waals surface area contributed by atoms with E-state index in [9.17, 15) is 5.11 Å². The van der Waals surface area contributed by atoms with Crippen LogP contribution in [0.4, 0.5) is 5.69 Å². The third kappa shape index (κ3) is 2.34. The van der Waals surface area contributed by atoms with Gasteiger partial charge < -0.3 is 10.4 Å². The van der Waals surface area contributed by atoms with Gasteiger partial charge in [-0.05, 0) is 36.1 Å². The third-order valence-corrected chi connectivity index (χ3v) is 4.08. The van der Waals surface area contributed by atoms with Crippen LogP contribution in [0, 0.1) is 0 Å². The lowest BCUT2D eigenvalue weighted by Crippen LogP contribution is -2.43. The molecule has 1 aliphatic carbocycles. The summed E-state index contributed by atoms with van der Waals surface area (Å²) in [7, 11) is 0. The number of benzene rings is 2. The number of para-hydroxylation sites is 1. The van der Waals surface area contributed by atoms with E-state index in [0.29, 0.717) is 5.02 Å². The lowest BCUT2D eigenvalue weighted by molar-refractivity contribution is 0.216. The maximum absolute atomic E-state index is 9.84. The molecule has 0 radical (unpaired) electrons. The van der Waals surface area contributed by atoms with Crippen molar-refractivity contribution in [3.05, 3.63) is 64.7 Å². The molecule has 0 amide bonds.